The molecule has 1 aromatic rings. The molecule has 21 heavy (non-hydrogen) atoms. The Hall–Kier alpha value is -1.75. The SMILES string of the molecule is CC(C)(C)OC(=O)Nc1ccc(C2CCCNC2)c(O)c1. The van der Waals surface area contributed by atoms with Crippen LogP contribution in [-0.2, 0) is 4.74 Å². The number of rotatable bonds is 2. The Kier molecular flexibility index (Phi) is 4.73. The molecule has 1 amide bonds. The Morgan fingerprint density at radius 2 is 2.19 bits per heavy atom. The van der Waals surface area contributed by atoms with E-state index in [0.717, 1.165) is 31.5 Å². The van der Waals surface area contributed by atoms with Crippen LogP contribution in [-0.4, -0.2) is 29.9 Å². The number of hydrogen-bond donors (Lipinski definition) is 3. The predicted molar refractivity (Wildman–Crippen MR) is 82.8 cm³/mol. The van der Waals surface area contributed by atoms with Crippen molar-refractivity contribution in [2.45, 2.75) is 45.1 Å². The molecule has 1 atom stereocenters. The van der Waals surface area contributed by atoms with Crippen molar-refractivity contribution in [3.05, 3.63) is 23.8 Å². The smallest absolute Gasteiger partial charge is 0.412 e. The monoisotopic (exact) mass is 292 g/mol. The summed E-state index contributed by atoms with van der Waals surface area (Å²) in [6, 6.07) is 5.25. The van der Waals surface area contributed by atoms with Crippen molar-refractivity contribution in [1.29, 1.82) is 0 Å². The molecule has 5 nitrogen and oxygen atoms in total. The molecule has 1 aliphatic rings. The van der Waals surface area contributed by atoms with Gasteiger partial charge >= 0.3 is 6.09 Å². The molecule has 2 rings (SSSR count). The lowest BCUT2D eigenvalue weighted by Crippen LogP contribution is -2.28. The topological polar surface area (TPSA) is 70.6 Å². The molecule has 0 aliphatic carbocycles. The minimum atomic E-state index is -0.542. The fraction of sp³-hybridized carbons (Fsp3) is 0.562. The van der Waals surface area contributed by atoms with Gasteiger partial charge in [0.05, 0.1) is 0 Å². The summed E-state index contributed by atoms with van der Waals surface area (Å²) >= 11 is 0. The van der Waals surface area contributed by atoms with Gasteiger partial charge in [-0.05, 0) is 51.8 Å². The van der Waals surface area contributed by atoms with E-state index in [1.807, 2.05) is 26.8 Å². The van der Waals surface area contributed by atoms with Crippen LogP contribution < -0.4 is 10.6 Å². The third kappa shape index (κ3) is 4.63. The van der Waals surface area contributed by atoms with Crippen molar-refractivity contribution in [3.63, 3.8) is 0 Å². The largest absolute Gasteiger partial charge is 0.508 e. The van der Waals surface area contributed by atoms with Gasteiger partial charge in [-0.15, -0.1) is 0 Å². The fourth-order valence-corrected chi connectivity index (χ4v) is 2.51. The second-order valence-electron chi connectivity index (χ2n) is 6.44. The van der Waals surface area contributed by atoms with Crippen LogP contribution in [0.25, 0.3) is 0 Å². The number of phenolic OH excluding ortho intramolecular Hbond substituents is 1. The minimum absolute atomic E-state index is 0.220. The summed E-state index contributed by atoms with van der Waals surface area (Å²) in [6.07, 6.45) is 1.66. The maximum atomic E-state index is 11.7. The molecule has 0 bridgehead atoms. The lowest BCUT2D eigenvalue weighted by Gasteiger charge is -2.24. The minimum Gasteiger partial charge on any atom is -0.508 e. The molecule has 116 valence electrons. The summed E-state index contributed by atoms with van der Waals surface area (Å²) < 4.78 is 5.19. The van der Waals surface area contributed by atoms with Gasteiger partial charge in [0.1, 0.15) is 11.4 Å². The molecular weight excluding hydrogens is 268 g/mol. The lowest BCUT2D eigenvalue weighted by molar-refractivity contribution is 0.0636. The van der Waals surface area contributed by atoms with Gasteiger partial charge in [0.25, 0.3) is 0 Å². The normalized spacial score (nSPS) is 19.1. The van der Waals surface area contributed by atoms with Crippen LogP contribution in [0.2, 0.25) is 0 Å². The highest BCUT2D eigenvalue weighted by Gasteiger charge is 2.20. The zero-order chi connectivity index (χ0) is 15.5. The van der Waals surface area contributed by atoms with Crippen molar-refractivity contribution < 1.29 is 14.6 Å². The van der Waals surface area contributed by atoms with Gasteiger partial charge in [0, 0.05) is 24.2 Å². The maximum absolute atomic E-state index is 11.7. The first-order chi connectivity index (χ1) is 9.85. The molecular formula is C16H24N2O3. The molecule has 1 unspecified atom stereocenters. The fourth-order valence-electron chi connectivity index (χ4n) is 2.51. The van der Waals surface area contributed by atoms with Crippen LogP contribution in [0.15, 0.2) is 18.2 Å². The van der Waals surface area contributed by atoms with E-state index in [-0.39, 0.29) is 5.75 Å². The van der Waals surface area contributed by atoms with Crippen molar-refractivity contribution in [2.75, 3.05) is 18.4 Å². The van der Waals surface area contributed by atoms with Crippen molar-refractivity contribution in [1.82, 2.24) is 5.32 Å². The number of phenols is 1. The molecule has 1 fully saturated rings. The number of aromatic hydroxyl groups is 1. The van der Waals surface area contributed by atoms with E-state index >= 15 is 0 Å². The van der Waals surface area contributed by atoms with Gasteiger partial charge in [-0.2, -0.15) is 0 Å². The number of anilines is 1. The second kappa shape index (κ2) is 6.35. The van der Waals surface area contributed by atoms with Crippen LogP contribution in [0.4, 0.5) is 10.5 Å². The first kappa shape index (κ1) is 15.6. The average molecular weight is 292 g/mol. The van der Waals surface area contributed by atoms with Gasteiger partial charge in [0.2, 0.25) is 0 Å². The molecule has 1 aromatic carbocycles. The molecule has 1 heterocycles. The summed E-state index contributed by atoms with van der Waals surface area (Å²) in [5.74, 6) is 0.548. The quantitative estimate of drug-likeness (QED) is 0.783. The third-order valence-electron chi connectivity index (χ3n) is 3.41. The van der Waals surface area contributed by atoms with Gasteiger partial charge in [-0.3, -0.25) is 5.32 Å². The van der Waals surface area contributed by atoms with Gasteiger partial charge in [0.15, 0.2) is 0 Å². The first-order valence-corrected chi connectivity index (χ1v) is 7.39. The Bertz CT molecular complexity index is 503. The van der Waals surface area contributed by atoms with Gasteiger partial charge in [-0.1, -0.05) is 6.07 Å². The number of carbonyl (C=O) groups is 1. The average Bonchev–Trinajstić information content (AvgIpc) is 2.37. The van der Waals surface area contributed by atoms with E-state index in [1.165, 1.54) is 0 Å². The molecule has 3 N–H and O–H groups in total. The molecule has 0 saturated carbocycles. The predicted octanol–water partition coefficient (Wildman–Crippen LogP) is 3.21. The zero-order valence-corrected chi connectivity index (χ0v) is 12.9. The van der Waals surface area contributed by atoms with E-state index in [0.29, 0.717) is 11.6 Å². The van der Waals surface area contributed by atoms with E-state index in [9.17, 15) is 9.90 Å². The first-order valence-electron chi connectivity index (χ1n) is 7.39. The highest BCUT2D eigenvalue weighted by atomic mass is 16.6. The number of benzene rings is 1. The zero-order valence-electron chi connectivity index (χ0n) is 12.9. The molecule has 0 radical (unpaired) electrons. The highest BCUT2D eigenvalue weighted by molar-refractivity contribution is 5.85. The molecule has 1 aliphatic heterocycles. The highest BCUT2D eigenvalue weighted by Crippen LogP contribution is 2.32. The van der Waals surface area contributed by atoms with Crippen molar-refractivity contribution in [3.8, 4) is 5.75 Å². The van der Waals surface area contributed by atoms with E-state index in [2.05, 4.69) is 10.6 Å². The summed E-state index contributed by atoms with van der Waals surface area (Å²) in [7, 11) is 0. The van der Waals surface area contributed by atoms with E-state index in [1.54, 1.807) is 12.1 Å². The van der Waals surface area contributed by atoms with Crippen LogP contribution in [0.3, 0.4) is 0 Å². The Labute approximate surface area is 125 Å². The summed E-state index contributed by atoms with van der Waals surface area (Å²) in [6.45, 7) is 7.34. The molecule has 0 aromatic heterocycles. The van der Waals surface area contributed by atoms with E-state index < -0.39 is 11.7 Å². The number of amides is 1. The summed E-state index contributed by atoms with van der Waals surface area (Å²) in [5, 5.41) is 16.1. The van der Waals surface area contributed by atoms with Gasteiger partial charge < -0.3 is 15.2 Å². The maximum Gasteiger partial charge on any atom is 0.412 e. The van der Waals surface area contributed by atoms with Crippen molar-refractivity contribution >= 4 is 11.8 Å². The number of hydrogen-bond acceptors (Lipinski definition) is 4. The molecule has 0 spiro atoms. The molecule has 1 saturated heterocycles. The number of carbonyl (C=O) groups excluding carboxylic acids is 1. The third-order valence-corrected chi connectivity index (χ3v) is 3.41. The van der Waals surface area contributed by atoms with Crippen LogP contribution in [0, 0.1) is 0 Å². The number of ether oxygens (including phenoxy) is 1. The lowest BCUT2D eigenvalue weighted by atomic mass is 9.91. The standard InChI is InChI=1S/C16H24N2O3/c1-16(2,3)21-15(20)18-12-6-7-13(14(19)9-12)11-5-4-8-17-10-11/h6-7,9,11,17,19H,4-5,8,10H2,1-3H3,(H,18,20). The van der Waals surface area contributed by atoms with Gasteiger partial charge in [-0.25, -0.2) is 4.79 Å². The number of nitrogens with one attached hydrogen (secondary N) is 2. The summed E-state index contributed by atoms with van der Waals surface area (Å²) in [4.78, 5) is 11.7. The second-order valence-corrected chi connectivity index (χ2v) is 6.44. The Morgan fingerprint density at radius 3 is 2.76 bits per heavy atom. The van der Waals surface area contributed by atoms with Crippen LogP contribution >= 0.6 is 0 Å². The van der Waals surface area contributed by atoms with Crippen LogP contribution in [0.1, 0.15) is 45.1 Å². The van der Waals surface area contributed by atoms with E-state index in [4.69, 9.17) is 4.74 Å². The van der Waals surface area contributed by atoms with Crippen molar-refractivity contribution in [2.24, 2.45) is 0 Å². The Balaban J connectivity index is 2.03. The van der Waals surface area contributed by atoms with Crippen LogP contribution in [0.5, 0.6) is 5.75 Å². The number of piperidine rings is 1. The Morgan fingerprint density at radius 1 is 1.43 bits per heavy atom. The molecule has 5 heteroatoms. The summed E-state index contributed by atoms with van der Waals surface area (Å²) in [5.41, 5.74) is 0.922.